The van der Waals surface area contributed by atoms with E-state index in [9.17, 15) is 14.3 Å². The molecule has 0 spiro atoms. The second kappa shape index (κ2) is 13.9. The number of fused-ring (bicyclic) bond motifs is 3. The van der Waals surface area contributed by atoms with E-state index < -0.39 is 6.17 Å². The Labute approximate surface area is 297 Å². The predicted molar refractivity (Wildman–Crippen MR) is 192 cm³/mol. The van der Waals surface area contributed by atoms with E-state index in [-0.39, 0.29) is 35.4 Å². The number of anilines is 2. The normalized spacial score (nSPS) is 22.3. The lowest BCUT2D eigenvalue weighted by Crippen LogP contribution is -2.43. The highest BCUT2D eigenvalue weighted by molar-refractivity contribution is 5.98. The molecule has 4 aliphatic heterocycles. The molecular formula is C39H45F2N7O3. The van der Waals surface area contributed by atoms with Crippen molar-refractivity contribution in [2.75, 3.05) is 62.2 Å². The number of phenolic OH excluding ortho intramolecular Hbond substituents is 1. The number of carbonyl (C=O) groups excluding carboxylic acids is 1. The maximum absolute atomic E-state index is 15.1. The number of hydrogen-bond acceptors (Lipinski definition) is 9. The van der Waals surface area contributed by atoms with E-state index in [2.05, 4.69) is 19.7 Å². The van der Waals surface area contributed by atoms with E-state index >= 15 is 4.39 Å². The molecule has 10 nitrogen and oxygen atoms in total. The summed E-state index contributed by atoms with van der Waals surface area (Å²) >= 11 is 0. The number of carbonyl (C=O) groups is 1. The van der Waals surface area contributed by atoms with Crippen molar-refractivity contribution >= 4 is 28.2 Å². The molecule has 268 valence electrons. The van der Waals surface area contributed by atoms with Gasteiger partial charge in [0, 0.05) is 80.3 Å². The first kappa shape index (κ1) is 33.6. The summed E-state index contributed by atoms with van der Waals surface area (Å²) in [4.78, 5) is 36.2. The van der Waals surface area contributed by atoms with Gasteiger partial charge in [-0.1, -0.05) is 19.1 Å². The summed E-state index contributed by atoms with van der Waals surface area (Å²) in [6.07, 6.45) is 5.41. The number of halogens is 2. The lowest BCUT2D eigenvalue weighted by molar-refractivity contribution is -0.130. The van der Waals surface area contributed by atoms with Gasteiger partial charge in [-0.2, -0.15) is 9.97 Å². The average Bonchev–Trinajstić information content (AvgIpc) is 3.54. The van der Waals surface area contributed by atoms with E-state index in [1.54, 1.807) is 24.4 Å². The van der Waals surface area contributed by atoms with Crippen LogP contribution < -0.4 is 14.5 Å². The third kappa shape index (κ3) is 6.54. The number of rotatable bonds is 8. The largest absolute Gasteiger partial charge is 0.508 e. The summed E-state index contributed by atoms with van der Waals surface area (Å²) in [7, 11) is 0. The fraction of sp³-hybridized carbons (Fsp3) is 0.487. The number of aromatic nitrogens is 3. The zero-order valence-corrected chi connectivity index (χ0v) is 29.2. The lowest BCUT2D eigenvalue weighted by atomic mass is 9.95. The molecule has 8 rings (SSSR count). The number of alkyl halides is 1. The average molecular weight is 698 g/mol. The van der Waals surface area contributed by atoms with Gasteiger partial charge in [0.1, 0.15) is 30.2 Å². The quantitative estimate of drug-likeness (QED) is 0.266. The third-order valence-electron chi connectivity index (χ3n) is 11.3. The fourth-order valence-corrected chi connectivity index (χ4v) is 8.79. The number of pyridine rings is 1. The van der Waals surface area contributed by atoms with Gasteiger partial charge in [0.15, 0.2) is 0 Å². The molecular weight excluding hydrogens is 652 g/mol. The van der Waals surface area contributed by atoms with Crippen molar-refractivity contribution in [2.24, 2.45) is 0 Å². The van der Waals surface area contributed by atoms with Gasteiger partial charge in [-0.05, 0) is 73.9 Å². The highest BCUT2D eigenvalue weighted by Gasteiger charge is 2.49. The molecule has 0 bridgehead atoms. The Kier molecular flexibility index (Phi) is 9.12. The maximum atomic E-state index is 15.1. The van der Waals surface area contributed by atoms with Crippen molar-refractivity contribution < 1.29 is 23.4 Å². The highest BCUT2D eigenvalue weighted by Crippen LogP contribution is 2.42. The Hall–Kier alpha value is -4.58. The Morgan fingerprint density at radius 1 is 1.04 bits per heavy atom. The number of phenols is 1. The van der Waals surface area contributed by atoms with Crippen molar-refractivity contribution in [3.8, 4) is 11.8 Å². The Morgan fingerprint density at radius 3 is 2.78 bits per heavy atom. The zero-order valence-electron chi connectivity index (χ0n) is 29.2. The van der Waals surface area contributed by atoms with Crippen LogP contribution in [0.1, 0.15) is 55.1 Å². The number of ether oxygens (including phenoxy) is 1. The molecule has 1 amide bonds. The molecule has 0 saturated carbocycles. The lowest BCUT2D eigenvalue weighted by Gasteiger charge is -2.35. The summed E-state index contributed by atoms with van der Waals surface area (Å²) in [5, 5.41) is 12.3. The van der Waals surface area contributed by atoms with Crippen LogP contribution in [-0.2, 0) is 30.6 Å². The first-order valence-electron chi connectivity index (χ1n) is 18.3. The molecule has 12 heteroatoms. The summed E-state index contributed by atoms with van der Waals surface area (Å²) in [6, 6.07) is 12.5. The van der Waals surface area contributed by atoms with Crippen LogP contribution in [0.2, 0.25) is 0 Å². The van der Waals surface area contributed by atoms with Gasteiger partial charge < -0.3 is 24.5 Å². The molecule has 2 atom stereocenters. The van der Waals surface area contributed by atoms with Gasteiger partial charge in [-0.25, -0.2) is 8.78 Å². The molecule has 3 fully saturated rings. The smallest absolute Gasteiger partial charge is 0.318 e. The van der Waals surface area contributed by atoms with Crippen LogP contribution in [0.5, 0.6) is 11.8 Å². The predicted octanol–water partition coefficient (Wildman–Crippen LogP) is 5.23. The van der Waals surface area contributed by atoms with Gasteiger partial charge in [-0.15, -0.1) is 0 Å². The van der Waals surface area contributed by atoms with Gasteiger partial charge >= 0.3 is 6.01 Å². The van der Waals surface area contributed by atoms with Gasteiger partial charge in [0.05, 0.1) is 24.2 Å². The molecule has 1 N–H and O–H groups in total. The van der Waals surface area contributed by atoms with Crippen LogP contribution in [0.4, 0.5) is 20.3 Å². The molecule has 51 heavy (non-hydrogen) atoms. The van der Waals surface area contributed by atoms with Crippen LogP contribution in [-0.4, -0.2) is 99.9 Å². The minimum Gasteiger partial charge on any atom is -0.508 e. The summed E-state index contributed by atoms with van der Waals surface area (Å²) in [5.41, 5.74) is 3.65. The molecule has 2 aromatic heterocycles. The van der Waals surface area contributed by atoms with Crippen molar-refractivity contribution in [1.82, 2.24) is 24.8 Å². The van der Waals surface area contributed by atoms with E-state index in [4.69, 9.17) is 14.7 Å². The number of amides is 1. The first-order chi connectivity index (χ1) is 24.8. The molecule has 2 aromatic carbocycles. The molecule has 6 heterocycles. The second-order valence-electron chi connectivity index (χ2n) is 14.5. The Balaban J connectivity index is 1.10. The van der Waals surface area contributed by atoms with Crippen molar-refractivity contribution in [3.63, 3.8) is 0 Å². The van der Waals surface area contributed by atoms with Gasteiger partial charge in [0.2, 0.25) is 5.91 Å². The van der Waals surface area contributed by atoms with Crippen LogP contribution in [0.15, 0.2) is 48.7 Å². The fourth-order valence-electron chi connectivity index (χ4n) is 8.79. The van der Waals surface area contributed by atoms with E-state index in [1.807, 2.05) is 30.0 Å². The molecule has 4 aromatic rings. The molecule has 0 radical (unpaired) electrons. The molecule has 3 saturated heterocycles. The minimum atomic E-state index is -0.863. The third-order valence-corrected chi connectivity index (χ3v) is 11.3. The van der Waals surface area contributed by atoms with Crippen LogP contribution in [0, 0.1) is 5.82 Å². The summed E-state index contributed by atoms with van der Waals surface area (Å²) < 4.78 is 36.1. The number of benzene rings is 2. The topological polar surface area (TPSA) is 98.2 Å². The molecule has 4 aliphatic rings. The van der Waals surface area contributed by atoms with Crippen molar-refractivity contribution in [1.29, 1.82) is 0 Å². The maximum Gasteiger partial charge on any atom is 0.318 e. The summed E-state index contributed by atoms with van der Waals surface area (Å²) in [5.74, 6) is 0.736. The number of aryl methyl sites for hydroxylation is 1. The van der Waals surface area contributed by atoms with Crippen LogP contribution in [0.25, 0.3) is 10.8 Å². The molecule has 0 unspecified atom stereocenters. The van der Waals surface area contributed by atoms with E-state index in [1.165, 1.54) is 6.07 Å². The Bertz CT molecular complexity index is 1930. The highest BCUT2D eigenvalue weighted by atomic mass is 19.1. The number of hydrogen-bond donors (Lipinski definition) is 1. The number of aromatic hydroxyl groups is 1. The minimum absolute atomic E-state index is 0.0595. The van der Waals surface area contributed by atoms with Crippen molar-refractivity contribution in [2.45, 2.75) is 70.1 Å². The monoisotopic (exact) mass is 697 g/mol. The summed E-state index contributed by atoms with van der Waals surface area (Å²) in [6.45, 7) is 7.16. The zero-order chi connectivity index (χ0) is 35.1. The Morgan fingerprint density at radius 2 is 1.94 bits per heavy atom. The standard InChI is InChI=1S/C39H45F2N7O3/c1-2-30-32(41)9-8-26-19-29(49)21-34(36(26)30)47-16-10-31-33(24-47)43-38(51-25-39-11-5-15-48(39)23-27(40)22-39)44-37(31)46-14-6-13-45(17-18-46)35(50)20-28-7-3-4-12-42-28/h3-4,7-9,12,19,21,27,49H,2,5-6,10-11,13-18,20,22-25H2,1H3/t27-,39+/m1/s1. The van der Waals surface area contributed by atoms with Gasteiger partial charge in [-0.3, -0.25) is 14.7 Å². The molecule has 0 aliphatic carbocycles. The first-order valence-corrected chi connectivity index (χ1v) is 18.3. The van der Waals surface area contributed by atoms with E-state index in [0.717, 1.165) is 71.6 Å². The van der Waals surface area contributed by atoms with Crippen LogP contribution in [0.3, 0.4) is 0 Å². The van der Waals surface area contributed by atoms with Crippen molar-refractivity contribution in [3.05, 3.63) is 77.0 Å². The second-order valence-corrected chi connectivity index (χ2v) is 14.5. The van der Waals surface area contributed by atoms with E-state index in [0.29, 0.717) is 70.7 Å². The van der Waals surface area contributed by atoms with Crippen LogP contribution >= 0.6 is 0 Å². The SMILES string of the molecule is CCc1c(F)ccc2cc(O)cc(N3CCc4c(nc(OC[C@@]56CCCN5C[C@H](F)C6)nc4N4CCCN(C(=O)Cc5ccccn5)CC4)C3)c12. The number of nitrogens with zero attached hydrogens (tertiary/aromatic N) is 7. The van der Waals surface area contributed by atoms with Gasteiger partial charge in [0.25, 0.3) is 0 Å².